The van der Waals surface area contributed by atoms with Gasteiger partial charge in [0.15, 0.2) is 5.78 Å². The number of amides is 2. The summed E-state index contributed by atoms with van der Waals surface area (Å²) in [6.07, 6.45) is 1.32. The van der Waals surface area contributed by atoms with Gasteiger partial charge in [0.1, 0.15) is 18.1 Å². The predicted molar refractivity (Wildman–Crippen MR) is 127 cm³/mol. The number of carbonyl (C=O) groups is 2. The number of aryl methyl sites for hydroxylation is 1. The van der Waals surface area contributed by atoms with Crippen LogP contribution >= 0.6 is 0 Å². The zero-order valence-electron chi connectivity index (χ0n) is 18.6. The number of ether oxygens (including phenoxy) is 2. The lowest BCUT2D eigenvalue weighted by atomic mass is 10.1. The lowest BCUT2D eigenvalue weighted by Gasteiger charge is -2.14. The van der Waals surface area contributed by atoms with E-state index in [9.17, 15) is 9.59 Å². The third kappa shape index (κ3) is 6.11. The summed E-state index contributed by atoms with van der Waals surface area (Å²) in [6.45, 7) is 4.27. The Morgan fingerprint density at radius 2 is 1.44 bits per heavy atom. The van der Waals surface area contributed by atoms with E-state index >= 15 is 0 Å². The monoisotopic (exact) mass is 432 g/mol. The molecule has 2 amide bonds. The highest BCUT2D eigenvalue weighted by Gasteiger charge is 2.14. The number of urea groups is 1. The maximum Gasteiger partial charge on any atom is 0.323 e. The molecule has 0 aliphatic rings. The molecule has 2 N–H and O–H groups in total. The number of benzene rings is 3. The van der Waals surface area contributed by atoms with Gasteiger partial charge in [-0.2, -0.15) is 0 Å². The number of carbonyl (C=O) groups excluding carboxylic acids is 2. The summed E-state index contributed by atoms with van der Waals surface area (Å²) in [4.78, 5) is 24.9. The van der Waals surface area contributed by atoms with E-state index in [-0.39, 0.29) is 5.78 Å². The van der Waals surface area contributed by atoms with Crippen molar-refractivity contribution in [1.29, 1.82) is 0 Å². The van der Waals surface area contributed by atoms with Gasteiger partial charge in [-0.05, 0) is 60.0 Å². The third-order valence-corrected chi connectivity index (χ3v) is 5.03. The summed E-state index contributed by atoms with van der Waals surface area (Å²) in [6, 6.07) is 19.9. The highest BCUT2D eigenvalue weighted by Crippen LogP contribution is 2.26. The number of nitrogens with one attached hydrogen (secondary N) is 2. The largest absolute Gasteiger partial charge is 0.497 e. The molecule has 0 bridgehead atoms. The molecule has 0 unspecified atom stereocenters. The second kappa shape index (κ2) is 11.0. The van der Waals surface area contributed by atoms with Crippen molar-refractivity contribution in [3.05, 3.63) is 83.4 Å². The molecule has 0 atom stereocenters. The van der Waals surface area contributed by atoms with E-state index in [2.05, 4.69) is 29.7 Å². The number of anilines is 2. The molecule has 3 rings (SSSR count). The lowest BCUT2D eigenvalue weighted by Crippen LogP contribution is -2.19. The molecular formula is C26H28N2O4. The van der Waals surface area contributed by atoms with Gasteiger partial charge in [0.2, 0.25) is 0 Å². The minimum absolute atomic E-state index is 0.0551. The zero-order chi connectivity index (χ0) is 22.9. The highest BCUT2D eigenvalue weighted by atomic mass is 16.5. The SMILES string of the molecule is CCC(=O)c1cc(NC(=O)Nc2ccc(OC)cc2)ccc1OCc1ccc(CC)cc1. The van der Waals surface area contributed by atoms with E-state index in [4.69, 9.17) is 9.47 Å². The topological polar surface area (TPSA) is 76.7 Å². The Balaban J connectivity index is 1.69. The first-order valence-corrected chi connectivity index (χ1v) is 10.6. The van der Waals surface area contributed by atoms with Gasteiger partial charge in [-0.25, -0.2) is 4.79 Å². The molecule has 32 heavy (non-hydrogen) atoms. The van der Waals surface area contributed by atoms with Crippen molar-refractivity contribution >= 4 is 23.2 Å². The molecular weight excluding hydrogens is 404 g/mol. The summed E-state index contributed by atoms with van der Waals surface area (Å²) >= 11 is 0. The molecule has 6 heteroatoms. The minimum atomic E-state index is -0.408. The summed E-state index contributed by atoms with van der Waals surface area (Å²) in [5, 5.41) is 5.52. The van der Waals surface area contributed by atoms with Crippen molar-refractivity contribution in [3.63, 3.8) is 0 Å². The van der Waals surface area contributed by atoms with Gasteiger partial charge < -0.3 is 20.1 Å². The van der Waals surface area contributed by atoms with E-state index in [0.29, 0.717) is 41.5 Å². The van der Waals surface area contributed by atoms with Gasteiger partial charge in [-0.1, -0.05) is 38.1 Å². The first-order valence-electron chi connectivity index (χ1n) is 10.6. The molecule has 166 valence electrons. The van der Waals surface area contributed by atoms with Crippen molar-refractivity contribution < 1.29 is 19.1 Å². The number of methoxy groups -OCH3 is 1. The fourth-order valence-electron chi connectivity index (χ4n) is 3.14. The van der Waals surface area contributed by atoms with E-state index in [1.165, 1.54) is 5.56 Å². The number of hydrogen-bond donors (Lipinski definition) is 2. The van der Waals surface area contributed by atoms with E-state index in [0.717, 1.165) is 12.0 Å². The van der Waals surface area contributed by atoms with Crippen molar-refractivity contribution in [2.75, 3.05) is 17.7 Å². The Kier molecular flexibility index (Phi) is 7.86. The molecule has 6 nitrogen and oxygen atoms in total. The van der Waals surface area contributed by atoms with Gasteiger partial charge >= 0.3 is 6.03 Å². The van der Waals surface area contributed by atoms with Crippen LogP contribution in [0.4, 0.5) is 16.2 Å². The van der Waals surface area contributed by atoms with Crippen LogP contribution in [0.5, 0.6) is 11.5 Å². The van der Waals surface area contributed by atoms with Crippen molar-refractivity contribution in [2.45, 2.75) is 33.3 Å². The minimum Gasteiger partial charge on any atom is -0.497 e. The Morgan fingerprint density at radius 3 is 2.06 bits per heavy atom. The van der Waals surface area contributed by atoms with Gasteiger partial charge in [0.05, 0.1) is 12.7 Å². The summed E-state index contributed by atoms with van der Waals surface area (Å²) in [5.74, 6) is 1.15. The Morgan fingerprint density at radius 1 is 0.812 bits per heavy atom. The molecule has 0 saturated carbocycles. The fourth-order valence-corrected chi connectivity index (χ4v) is 3.14. The number of rotatable bonds is 9. The second-order valence-corrected chi connectivity index (χ2v) is 7.25. The van der Waals surface area contributed by atoms with E-state index < -0.39 is 6.03 Å². The quantitative estimate of drug-likeness (QED) is 0.402. The van der Waals surface area contributed by atoms with Crippen LogP contribution in [0, 0.1) is 0 Å². The number of ketones is 1. The number of Topliss-reactive ketones (excluding diaryl/α,β-unsaturated/α-hetero) is 1. The average molecular weight is 433 g/mol. The maximum absolute atomic E-state index is 12.5. The average Bonchev–Trinajstić information content (AvgIpc) is 2.83. The first kappa shape index (κ1) is 22.9. The van der Waals surface area contributed by atoms with Crippen LogP contribution in [0.15, 0.2) is 66.7 Å². The van der Waals surface area contributed by atoms with Crippen molar-refractivity contribution in [2.24, 2.45) is 0 Å². The zero-order valence-corrected chi connectivity index (χ0v) is 18.6. The second-order valence-electron chi connectivity index (χ2n) is 7.25. The predicted octanol–water partition coefficient (Wildman–Crippen LogP) is 6.07. The van der Waals surface area contributed by atoms with E-state index in [1.807, 2.05) is 12.1 Å². The molecule has 0 aromatic heterocycles. The molecule has 3 aromatic carbocycles. The van der Waals surface area contributed by atoms with E-state index in [1.54, 1.807) is 56.5 Å². The van der Waals surface area contributed by atoms with Crippen molar-refractivity contribution in [1.82, 2.24) is 0 Å². The molecule has 0 fully saturated rings. The Bertz CT molecular complexity index is 1060. The summed E-state index contributed by atoms with van der Waals surface area (Å²) in [5.41, 5.74) is 3.87. The molecule has 0 saturated heterocycles. The van der Waals surface area contributed by atoms with Gasteiger partial charge in [0.25, 0.3) is 0 Å². The van der Waals surface area contributed by atoms with Crippen LogP contribution in [-0.2, 0) is 13.0 Å². The molecule has 0 radical (unpaired) electrons. The van der Waals surface area contributed by atoms with Crippen LogP contribution in [-0.4, -0.2) is 18.9 Å². The Labute approximate surface area is 188 Å². The van der Waals surface area contributed by atoms with Gasteiger partial charge in [0, 0.05) is 17.8 Å². The standard InChI is InChI=1S/C26H28N2O4/c1-4-18-6-8-19(9-7-18)17-32-25-15-12-21(16-23(25)24(29)5-2)28-26(30)27-20-10-13-22(31-3)14-11-20/h6-16H,4-5,17H2,1-3H3,(H2,27,28,30). The fraction of sp³-hybridized carbons (Fsp3) is 0.231. The van der Waals surface area contributed by atoms with Crippen LogP contribution in [0.25, 0.3) is 0 Å². The Hall–Kier alpha value is -3.80. The summed E-state index contributed by atoms with van der Waals surface area (Å²) in [7, 11) is 1.58. The van der Waals surface area contributed by atoms with Crippen LogP contribution in [0.1, 0.15) is 41.8 Å². The summed E-state index contributed by atoms with van der Waals surface area (Å²) < 4.78 is 11.0. The molecule has 0 spiro atoms. The van der Waals surface area contributed by atoms with Gasteiger partial charge in [-0.3, -0.25) is 4.79 Å². The lowest BCUT2D eigenvalue weighted by molar-refractivity contribution is 0.0983. The molecule has 0 aliphatic heterocycles. The maximum atomic E-state index is 12.5. The third-order valence-electron chi connectivity index (χ3n) is 5.03. The van der Waals surface area contributed by atoms with Crippen LogP contribution in [0.2, 0.25) is 0 Å². The highest BCUT2D eigenvalue weighted by molar-refractivity contribution is 6.03. The molecule has 0 heterocycles. The molecule has 3 aromatic rings. The molecule has 0 aliphatic carbocycles. The van der Waals surface area contributed by atoms with Gasteiger partial charge in [-0.15, -0.1) is 0 Å². The van der Waals surface area contributed by atoms with Crippen LogP contribution < -0.4 is 20.1 Å². The van der Waals surface area contributed by atoms with Crippen LogP contribution in [0.3, 0.4) is 0 Å². The van der Waals surface area contributed by atoms with Crippen molar-refractivity contribution in [3.8, 4) is 11.5 Å². The number of hydrogen-bond acceptors (Lipinski definition) is 4. The first-order chi connectivity index (χ1) is 15.5. The normalized spacial score (nSPS) is 10.3. The smallest absolute Gasteiger partial charge is 0.323 e.